The first-order chi connectivity index (χ1) is 13.5. The Morgan fingerprint density at radius 1 is 0.893 bits per heavy atom. The van der Waals surface area contributed by atoms with Crippen LogP contribution in [0.15, 0.2) is 42.5 Å². The van der Waals surface area contributed by atoms with E-state index in [-0.39, 0.29) is 12.8 Å². The van der Waals surface area contributed by atoms with Gasteiger partial charge in [-0.25, -0.2) is 0 Å². The van der Waals surface area contributed by atoms with Crippen LogP contribution in [0.25, 0.3) is 11.1 Å². The minimum atomic E-state index is -0.801. The third-order valence-electron chi connectivity index (χ3n) is 4.17. The Balaban J connectivity index is 2.09. The van der Waals surface area contributed by atoms with Crippen molar-refractivity contribution in [1.82, 2.24) is 0 Å². The molecule has 0 saturated heterocycles. The Labute approximate surface area is 164 Å². The number of carbonyl (C=O) groups is 2. The highest BCUT2D eigenvalue weighted by atomic mass is 16.5. The van der Waals surface area contributed by atoms with Crippen molar-refractivity contribution in [3.05, 3.63) is 42.5 Å². The Hall–Kier alpha value is -3.22. The van der Waals surface area contributed by atoms with Crippen molar-refractivity contribution in [3.8, 4) is 16.9 Å². The van der Waals surface area contributed by atoms with Crippen molar-refractivity contribution in [2.75, 3.05) is 30.8 Å². The molecular formula is C21H26N2O5. The number of carboxylic acid groups (broad SMARTS) is 2. The van der Waals surface area contributed by atoms with Crippen molar-refractivity contribution in [2.24, 2.45) is 0 Å². The van der Waals surface area contributed by atoms with Gasteiger partial charge in [0, 0.05) is 42.9 Å². The van der Waals surface area contributed by atoms with Crippen molar-refractivity contribution < 1.29 is 24.5 Å². The minimum Gasteiger partial charge on any atom is -0.496 e. The number of aliphatic carboxylic acids is 2. The summed E-state index contributed by atoms with van der Waals surface area (Å²) in [4.78, 5) is 21.2. The van der Waals surface area contributed by atoms with E-state index in [4.69, 9.17) is 14.9 Å². The topological polar surface area (TPSA) is 108 Å². The van der Waals surface area contributed by atoms with Gasteiger partial charge >= 0.3 is 11.9 Å². The van der Waals surface area contributed by atoms with Crippen molar-refractivity contribution in [2.45, 2.75) is 25.7 Å². The maximum Gasteiger partial charge on any atom is 0.303 e. The molecule has 28 heavy (non-hydrogen) atoms. The zero-order valence-corrected chi connectivity index (χ0v) is 15.9. The average Bonchev–Trinajstić information content (AvgIpc) is 2.68. The van der Waals surface area contributed by atoms with Crippen LogP contribution in [0.3, 0.4) is 0 Å². The normalized spacial score (nSPS) is 10.3. The fourth-order valence-corrected chi connectivity index (χ4v) is 2.78. The largest absolute Gasteiger partial charge is 0.496 e. The van der Waals surface area contributed by atoms with Gasteiger partial charge < -0.3 is 25.6 Å². The van der Waals surface area contributed by atoms with Crippen LogP contribution >= 0.6 is 0 Å². The molecule has 0 aliphatic rings. The van der Waals surface area contributed by atoms with E-state index in [9.17, 15) is 9.59 Å². The van der Waals surface area contributed by atoms with Crippen molar-refractivity contribution >= 4 is 23.3 Å². The molecule has 0 bridgehead atoms. The summed E-state index contributed by atoms with van der Waals surface area (Å²) >= 11 is 0. The average molecular weight is 386 g/mol. The lowest BCUT2D eigenvalue weighted by Gasteiger charge is -2.14. The van der Waals surface area contributed by atoms with Crippen LogP contribution in [-0.4, -0.2) is 42.4 Å². The molecule has 2 aromatic carbocycles. The highest BCUT2D eigenvalue weighted by Crippen LogP contribution is 2.33. The number of hydrogen-bond donors (Lipinski definition) is 4. The summed E-state index contributed by atoms with van der Waals surface area (Å²) < 4.78 is 5.49. The molecule has 0 aromatic heterocycles. The number of ether oxygens (including phenoxy) is 1. The van der Waals surface area contributed by atoms with Gasteiger partial charge in [-0.1, -0.05) is 12.1 Å². The summed E-state index contributed by atoms with van der Waals surface area (Å²) in [5.74, 6) is -0.864. The molecule has 2 aromatic rings. The molecule has 7 heteroatoms. The molecule has 0 aliphatic heterocycles. The van der Waals surface area contributed by atoms with Crippen LogP contribution in [0.5, 0.6) is 5.75 Å². The van der Waals surface area contributed by atoms with Crippen LogP contribution in [0.2, 0.25) is 0 Å². The second-order valence-electron chi connectivity index (χ2n) is 6.34. The van der Waals surface area contributed by atoms with Crippen LogP contribution in [0.1, 0.15) is 25.7 Å². The number of rotatable bonds is 12. The van der Waals surface area contributed by atoms with Gasteiger partial charge in [-0.15, -0.1) is 0 Å². The van der Waals surface area contributed by atoms with Gasteiger partial charge in [-0.05, 0) is 48.7 Å². The van der Waals surface area contributed by atoms with Gasteiger partial charge in [0.2, 0.25) is 0 Å². The predicted octanol–water partition coefficient (Wildman–Crippen LogP) is 3.92. The number of nitrogens with one attached hydrogen (secondary N) is 2. The molecule has 0 amide bonds. The van der Waals surface area contributed by atoms with Crippen LogP contribution in [-0.2, 0) is 9.59 Å². The van der Waals surface area contributed by atoms with Gasteiger partial charge in [0.25, 0.3) is 0 Å². The van der Waals surface area contributed by atoms with Gasteiger partial charge in [0.1, 0.15) is 5.75 Å². The Kier molecular flexibility index (Phi) is 8.14. The van der Waals surface area contributed by atoms with E-state index in [0.29, 0.717) is 25.9 Å². The van der Waals surface area contributed by atoms with Gasteiger partial charge in [0.15, 0.2) is 0 Å². The van der Waals surface area contributed by atoms with E-state index in [1.54, 1.807) is 7.11 Å². The Morgan fingerprint density at radius 3 is 2.07 bits per heavy atom. The fraction of sp³-hybridized carbons (Fsp3) is 0.333. The Bertz CT molecular complexity index is 807. The molecule has 0 radical (unpaired) electrons. The highest BCUT2D eigenvalue weighted by Gasteiger charge is 2.08. The molecule has 7 nitrogen and oxygen atoms in total. The number of hydrogen-bond acceptors (Lipinski definition) is 5. The van der Waals surface area contributed by atoms with E-state index in [0.717, 1.165) is 28.3 Å². The zero-order valence-electron chi connectivity index (χ0n) is 15.9. The standard InChI is InChI=1S/C21H26N2O5/c1-28-19-10-9-17(23-12-4-8-21(26)27)14-18(19)15-5-2-6-16(13-15)22-11-3-7-20(24)25/h2,5-6,9-10,13-14,22-23H,3-4,7-8,11-12H2,1H3,(H,24,25)(H,26,27). The summed E-state index contributed by atoms with van der Waals surface area (Å²) in [6.07, 6.45) is 1.37. The lowest BCUT2D eigenvalue weighted by molar-refractivity contribution is -0.138. The second kappa shape index (κ2) is 10.8. The van der Waals surface area contributed by atoms with E-state index in [1.165, 1.54) is 0 Å². The number of methoxy groups -OCH3 is 1. The molecular weight excluding hydrogens is 360 g/mol. The molecule has 4 N–H and O–H groups in total. The molecule has 0 spiro atoms. The lowest BCUT2D eigenvalue weighted by Crippen LogP contribution is -2.05. The van der Waals surface area contributed by atoms with E-state index in [2.05, 4.69) is 10.6 Å². The van der Waals surface area contributed by atoms with Gasteiger partial charge in [-0.2, -0.15) is 0 Å². The summed E-state index contributed by atoms with van der Waals surface area (Å²) in [5.41, 5.74) is 3.68. The molecule has 0 unspecified atom stereocenters. The zero-order chi connectivity index (χ0) is 20.4. The van der Waals surface area contributed by atoms with Crippen LogP contribution in [0.4, 0.5) is 11.4 Å². The quantitative estimate of drug-likeness (QED) is 0.410. The highest BCUT2D eigenvalue weighted by molar-refractivity contribution is 5.77. The maximum absolute atomic E-state index is 10.6. The fourth-order valence-electron chi connectivity index (χ4n) is 2.78. The van der Waals surface area contributed by atoms with Gasteiger partial charge in [0.05, 0.1) is 7.11 Å². The number of carboxylic acids is 2. The number of anilines is 2. The first-order valence-electron chi connectivity index (χ1n) is 9.19. The molecule has 0 fully saturated rings. The molecule has 0 heterocycles. The third kappa shape index (κ3) is 6.83. The van der Waals surface area contributed by atoms with Crippen LogP contribution in [0, 0.1) is 0 Å². The first kappa shape index (κ1) is 21.1. The molecule has 0 atom stereocenters. The summed E-state index contributed by atoms with van der Waals surface area (Å²) in [7, 11) is 1.62. The SMILES string of the molecule is COc1ccc(NCCCC(=O)O)cc1-c1cccc(NCCCC(=O)O)c1. The summed E-state index contributed by atoms with van der Waals surface area (Å²) in [5, 5.41) is 23.9. The predicted molar refractivity (Wildman–Crippen MR) is 109 cm³/mol. The molecule has 150 valence electrons. The summed E-state index contributed by atoms with van der Waals surface area (Å²) in [6, 6.07) is 13.6. The Morgan fingerprint density at radius 2 is 1.50 bits per heavy atom. The third-order valence-corrected chi connectivity index (χ3v) is 4.17. The lowest BCUT2D eigenvalue weighted by atomic mass is 10.0. The first-order valence-corrected chi connectivity index (χ1v) is 9.19. The maximum atomic E-state index is 10.6. The van der Waals surface area contributed by atoms with Crippen molar-refractivity contribution in [3.63, 3.8) is 0 Å². The second-order valence-corrected chi connectivity index (χ2v) is 6.34. The molecule has 0 saturated carbocycles. The van der Waals surface area contributed by atoms with Crippen LogP contribution < -0.4 is 15.4 Å². The summed E-state index contributed by atoms with van der Waals surface area (Å²) in [6.45, 7) is 1.15. The van der Waals surface area contributed by atoms with Crippen molar-refractivity contribution in [1.29, 1.82) is 0 Å². The smallest absolute Gasteiger partial charge is 0.303 e. The monoisotopic (exact) mass is 386 g/mol. The molecule has 0 aliphatic carbocycles. The molecule has 2 rings (SSSR count). The minimum absolute atomic E-state index is 0.131. The number of benzene rings is 2. The van der Waals surface area contributed by atoms with E-state index < -0.39 is 11.9 Å². The van der Waals surface area contributed by atoms with E-state index >= 15 is 0 Å². The van der Waals surface area contributed by atoms with E-state index in [1.807, 2.05) is 42.5 Å². The van der Waals surface area contributed by atoms with Gasteiger partial charge in [-0.3, -0.25) is 9.59 Å².